The number of hydrogen-bond donors (Lipinski definition) is 1. The Bertz CT molecular complexity index is 359. The molecule has 0 aliphatic carbocycles. The predicted molar refractivity (Wildman–Crippen MR) is 85.8 cm³/mol. The fraction of sp³-hybridized carbons (Fsp3) is 0.625. The van der Waals surface area contributed by atoms with Gasteiger partial charge in [0.15, 0.2) is 0 Å². The first-order valence-corrected chi connectivity index (χ1v) is 7.73. The van der Waals surface area contributed by atoms with Gasteiger partial charge in [-0.1, -0.05) is 23.7 Å². The van der Waals surface area contributed by atoms with Crippen LogP contribution in [0.1, 0.15) is 12.0 Å². The van der Waals surface area contributed by atoms with Gasteiger partial charge in [0.1, 0.15) is 0 Å². The molecule has 120 valence electrons. The topological polar surface area (TPSA) is 53.7 Å². The summed E-state index contributed by atoms with van der Waals surface area (Å²) >= 11 is 5.88. The summed E-state index contributed by atoms with van der Waals surface area (Å²) in [5.74, 6) is 0.431. The fourth-order valence-corrected chi connectivity index (χ4v) is 2.10. The summed E-state index contributed by atoms with van der Waals surface area (Å²) in [6.07, 6.45) is 1.92. The van der Waals surface area contributed by atoms with Gasteiger partial charge in [-0.2, -0.15) is 0 Å². The van der Waals surface area contributed by atoms with Gasteiger partial charge in [-0.05, 0) is 43.0 Å². The van der Waals surface area contributed by atoms with Crippen molar-refractivity contribution >= 4 is 11.6 Å². The monoisotopic (exact) mass is 315 g/mol. The molecule has 0 spiro atoms. The molecule has 0 saturated heterocycles. The van der Waals surface area contributed by atoms with Gasteiger partial charge in [-0.15, -0.1) is 0 Å². The smallest absolute Gasteiger partial charge is 0.0701 e. The Labute approximate surface area is 132 Å². The summed E-state index contributed by atoms with van der Waals surface area (Å²) in [5, 5.41) is 0.764. The molecular formula is C16H26ClNO3. The summed E-state index contributed by atoms with van der Waals surface area (Å²) in [6, 6.07) is 7.93. The molecule has 0 heterocycles. The van der Waals surface area contributed by atoms with Gasteiger partial charge in [-0.25, -0.2) is 0 Å². The van der Waals surface area contributed by atoms with Crippen LogP contribution in [-0.2, 0) is 20.6 Å². The van der Waals surface area contributed by atoms with Crippen molar-refractivity contribution in [2.45, 2.75) is 12.8 Å². The third kappa shape index (κ3) is 9.06. The maximum absolute atomic E-state index is 5.88. The number of methoxy groups -OCH3 is 1. The van der Waals surface area contributed by atoms with Crippen molar-refractivity contribution in [3.8, 4) is 0 Å². The van der Waals surface area contributed by atoms with E-state index in [1.807, 2.05) is 12.1 Å². The zero-order chi connectivity index (χ0) is 15.3. The number of ether oxygens (including phenoxy) is 3. The van der Waals surface area contributed by atoms with E-state index in [1.54, 1.807) is 7.11 Å². The van der Waals surface area contributed by atoms with Crippen LogP contribution in [0.5, 0.6) is 0 Å². The molecule has 1 unspecified atom stereocenters. The number of nitrogens with two attached hydrogens (primary N) is 1. The number of hydrogen-bond acceptors (Lipinski definition) is 4. The van der Waals surface area contributed by atoms with Crippen LogP contribution >= 0.6 is 11.6 Å². The van der Waals surface area contributed by atoms with Crippen LogP contribution in [0.15, 0.2) is 24.3 Å². The first kappa shape index (κ1) is 18.4. The normalized spacial score (nSPS) is 12.5. The Hall–Kier alpha value is -0.650. The molecule has 0 aliphatic heterocycles. The van der Waals surface area contributed by atoms with Crippen LogP contribution in [0.2, 0.25) is 5.02 Å². The van der Waals surface area contributed by atoms with Crippen molar-refractivity contribution in [2.75, 3.05) is 46.7 Å². The lowest BCUT2D eigenvalue weighted by molar-refractivity contribution is 0.0220. The summed E-state index contributed by atoms with van der Waals surface area (Å²) in [5.41, 5.74) is 7.09. The van der Waals surface area contributed by atoms with Crippen molar-refractivity contribution < 1.29 is 14.2 Å². The predicted octanol–water partition coefficient (Wildman–Crippen LogP) is 2.53. The third-order valence-electron chi connectivity index (χ3n) is 3.25. The van der Waals surface area contributed by atoms with Crippen LogP contribution in [0.25, 0.3) is 0 Å². The minimum Gasteiger partial charge on any atom is -0.382 e. The number of rotatable bonds is 12. The van der Waals surface area contributed by atoms with Gasteiger partial charge in [0.05, 0.1) is 26.4 Å². The van der Waals surface area contributed by atoms with Crippen LogP contribution in [0.3, 0.4) is 0 Å². The van der Waals surface area contributed by atoms with E-state index in [2.05, 4.69) is 12.1 Å². The summed E-state index contributed by atoms with van der Waals surface area (Å²) in [4.78, 5) is 0. The Morgan fingerprint density at radius 3 is 2.24 bits per heavy atom. The standard InChI is InChI=1S/C16H26ClNO3/c1-19-8-9-21-11-10-20-7-6-15(13-18)12-14-2-4-16(17)5-3-14/h2-5,15H,6-13,18H2,1H3. The zero-order valence-corrected chi connectivity index (χ0v) is 13.5. The maximum atomic E-state index is 5.88. The number of benzene rings is 1. The second-order valence-corrected chi connectivity index (χ2v) is 5.37. The number of halogens is 1. The highest BCUT2D eigenvalue weighted by atomic mass is 35.5. The molecule has 0 fully saturated rings. The first-order chi connectivity index (χ1) is 10.3. The molecule has 21 heavy (non-hydrogen) atoms. The van der Waals surface area contributed by atoms with E-state index < -0.39 is 0 Å². The van der Waals surface area contributed by atoms with Crippen molar-refractivity contribution in [3.05, 3.63) is 34.9 Å². The lowest BCUT2D eigenvalue weighted by Crippen LogP contribution is -2.19. The quantitative estimate of drug-likeness (QED) is 0.602. The molecule has 0 amide bonds. The molecule has 0 aliphatic rings. The van der Waals surface area contributed by atoms with E-state index in [9.17, 15) is 0 Å². The van der Waals surface area contributed by atoms with E-state index in [4.69, 9.17) is 31.5 Å². The SMILES string of the molecule is COCCOCCOCCC(CN)Cc1ccc(Cl)cc1. The summed E-state index contributed by atoms with van der Waals surface area (Å²) in [6.45, 7) is 3.83. The second-order valence-electron chi connectivity index (χ2n) is 4.94. The lowest BCUT2D eigenvalue weighted by atomic mass is 9.97. The fourth-order valence-electron chi connectivity index (χ4n) is 1.97. The van der Waals surface area contributed by atoms with Gasteiger partial charge in [0, 0.05) is 18.7 Å². The Morgan fingerprint density at radius 2 is 1.62 bits per heavy atom. The molecule has 4 nitrogen and oxygen atoms in total. The molecule has 0 radical (unpaired) electrons. The molecule has 1 aromatic rings. The first-order valence-electron chi connectivity index (χ1n) is 7.35. The van der Waals surface area contributed by atoms with Gasteiger partial charge >= 0.3 is 0 Å². The Kier molecular flexibility index (Phi) is 10.5. The van der Waals surface area contributed by atoms with Crippen molar-refractivity contribution in [1.29, 1.82) is 0 Å². The largest absolute Gasteiger partial charge is 0.382 e. The summed E-state index contributed by atoms with van der Waals surface area (Å²) in [7, 11) is 1.66. The van der Waals surface area contributed by atoms with E-state index in [0.29, 0.717) is 45.5 Å². The Balaban J connectivity index is 2.09. The van der Waals surface area contributed by atoms with Crippen molar-refractivity contribution in [1.82, 2.24) is 0 Å². The Morgan fingerprint density at radius 1 is 1.00 bits per heavy atom. The van der Waals surface area contributed by atoms with E-state index in [1.165, 1.54) is 5.56 Å². The molecule has 0 saturated carbocycles. The van der Waals surface area contributed by atoms with Crippen molar-refractivity contribution in [2.24, 2.45) is 11.7 Å². The minimum atomic E-state index is 0.431. The molecule has 2 N–H and O–H groups in total. The molecule has 1 aromatic carbocycles. The van der Waals surface area contributed by atoms with Gasteiger partial charge in [0.25, 0.3) is 0 Å². The van der Waals surface area contributed by atoms with Crippen molar-refractivity contribution in [3.63, 3.8) is 0 Å². The minimum absolute atomic E-state index is 0.431. The molecule has 1 atom stereocenters. The maximum Gasteiger partial charge on any atom is 0.0701 e. The van der Waals surface area contributed by atoms with Crippen LogP contribution in [-0.4, -0.2) is 46.7 Å². The van der Waals surface area contributed by atoms with Gasteiger partial charge < -0.3 is 19.9 Å². The highest BCUT2D eigenvalue weighted by Crippen LogP contribution is 2.15. The molecule has 1 rings (SSSR count). The second kappa shape index (κ2) is 12.0. The highest BCUT2D eigenvalue weighted by molar-refractivity contribution is 6.30. The average molecular weight is 316 g/mol. The van der Waals surface area contributed by atoms with E-state index >= 15 is 0 Å². The van der Waals surface area contributed by atoms with E-state index in [0.717, 1.165) is 17.9 Å². The molecule has 0 bridgehead atoms. The molecular weight excluding hydrogens is 290 g/mol. The van der Waals surface area contributed by atoms with Crippen LogP contribution in [0.4, 0.5) is 0 Å². The molecule has 0 aromatic heterocycles. The van der Waals surface area contributed by atoms with Crippen LogP contribution < -0.4 is 5.73 Å². The highest BCUT2D eigenvalue weighted by Gasteiger charge is 2.08. The zero-order valence-electron chi connectivity index (χ0n) is 12.7. The molecule has 5 heteroatoms. The van der Waals surface area contributed by atoms with Crippen LogP contribution in [0, 0.1) is 5.92 Å². The third-order valence-corrected chi connectivity index (χ3v) is 3.50. The van der Waals surface area contributed by atoms with Gasteiger partial charge in [-0.3, -0.25) is 0 Å². The lowest BCUT2D eigenvalue weighted by Gasteiger charge is -2.15. The van der Waals surface area contributed by atoms with Gasteiger partial charge in [0.2, 0.25) is 0 Å². The summed E-state index contributed by atoms with van der Waals surface area (Å²) < 4.78 is 15.8. The van der Waals surface area contributed by atoms with E-state index in [-0.39, 0.29) is 0 Å². The average Bonchev–Trinajstić information content (AvgIpc) is 2.50.